The minimum Gasteiger partial charge on any atom is -0.493 e. The van der Waals surface area contributed by atoms with Crippen LogP contribution in [0.3, 0.4) is 0 Å². The van der Waals surface area contributed by atoms with Crippen molar-refractivity contribution in [1.82, 2.24) is 0 Å². The number of hydrogen-bond acceptors (Lipinski definition) is 9. The average Bonchev–Trinajstić information content (AvgIpc) is 2.49. The van der Waals surface area contributed by atoms with E-state index in [2.05, 4.69) is 0 Å². The minimum absolute atomic E-state index is 0.441. The zero-order valence-electron chi connectivity index (χ0n) is 11.1. The predicted molar refractivity (Wildman–Crippen MR) is 65.7 cm³/mol. The lowest BCUT2D eigenvalue weighted by Gasteiger charge is -2.42. The molecule has 2 aliphatic heterocycles. The smallest absolute Gasteiger partial charge is 0.187 e. The molecular formula is C12H20O9. The first-order chi connectivity index (χ1) is 9.99. The first kappa shape index (κ1) is 16.6. The summed E-state index contributed by atoms with van der Waals surface area (Å²) in [6.45, 7) is -1.03. The predicted octanol–water partition coefficient (Wildman–Crippen LogP) is -3.56. The SMILES string of the molecule is OC[C@H]1O[C@@H](O[C@H]2[C@H](O)C=CO[C@@H]2CO)[C@H](O)[C@@H](O)[C@@H]1O. The second-order valence-corrected chi connectivity index (χ2v) is 4.97. The van der Waals surface area contributed by atoms with E-state index in [4.69, 9.17) is 19.3 Å². The summed E-state index contributed by atoms with van der Waals surface area (Å²) in [4.78, 5) is 0. The van der Waals surface area contributed by atoms with Crippen LogP contribution in [0.25, 0.3) is 0 Å². The second kappa shape index (κ2) is 6.99. The first-order valence-corrected chi connectivity index (χ1v) is 6.56. The molecule has 0 spiro atoms. The van der Waals surface area contributed by atoms with E-state index < -0.39 is 62.2 Å². The molecule has 0 aromatic rings. The molecule has 6 N–H and O–H groups in total. The molecule has 0 bridgehead atoms. The zero-order chi connectivity index (χ0) is 15.6. The summed E-state index contributed by atoms with van der Waals surface area (Å²) in [7, 11) is 0. The Balaban J connectivity index is 2.08. The van der Waals surface area contributed by atoms with Gasteiger partial charge in [-0.25, -0.2) is 0 Å². The Morgan fingerprint density at radius 1 is 0.905 bits per heavy atom. The number of aliphatic hydroxyl groups is 6. The van der Waals surface area contributed by atoms with E-state index in [1.54, 1.807) is 0 Å². The molecule has 0 aromatic carbocycles. The summed E-state index contributed by atoms with van der Waals surface area (Å²) in [6.07, 6.45) is -7.68. The van der Waals surface area contributed by atoms with Gasteiger partial charge in [0.2, 0.25) is 0 Å². The fourth-order valence-corrected chi connectivity index (χ4v) is 2.28. The van der Waals surface area contributed by atoms with Crippen LogP contribution in [0, 0.1) is 0 Å². The maximum Gasteiger partial charge on any atom is 0.187 e. The maximum atomic E-state index is 9.85. The summed E-state index contributed by atoms with van der Waals surface area (Å²) in [5.41, 5.74) is 0. The third-order valence-corrected chi connectivity index (χ3v) is 3.55. The van der Waals surface area contributed by atoms with Crippen LogP contribution in [0.4, 0.5) is 0 Å². The Morgan fingerprint density at radius 2 is 1.57 bits per heavy atom. The van der Waals surface area contributed by atoms with E-state index in [9.17, 15) is 25.5 Å². The number of aliphatic hydroxyl groups excluding tert-OH is 6. The van der Waals surface area contributed by atoms with Crippen molar-refractivity contribution in [1.29, 1.82) is 0 Å². The van der Waals surface area contributed by atoms with E-state index in [1.165, 1.54) is 12.3 Å². The molecule has 8 atom stereocenters. The molecule has 9 heteroatoms. The van der Waals surface area contributed by atoms with Gasteiger partial charge in [-0.2, -0.15) is 0 Å². The lowest BCUT2D eigenvalue weighted by atomic mass is 9.99. The average molecular weight is 308 g/mol. The Hall–Kier alpha value is -0.780. The molecule has 1 saturated heterocycles. The van der Waals surface area contributed by atoms with Gasteiger partial charge >= 0.3 is 0 Å². The van der Waals surface area contributed by atoms with Crippen LogP contribution in [-0.2, 0) is 14.2 Å². The van der Waals surface area contributed by atoms with Crippen molar-refractivity contribution in [2.24, 2.45) is 0 Å². The van der Waals surface area contributed by atoms with Crippen LogP contribution in [0.15, 0.2) is 12.3 Å². The molecular weight excluding hydrogens is 288 g/mol. The Kier molecular flexibility index (Phi) is 5.52. The van der Waals surface area contributed by atoms with E-state index >= 15 is 0 Å². The molecule has 0 amide bonds. The maximum absolute atomic E-state index is 9.85. The van der Waals surface area contributed by atoms with Crippen LogP contribution >= 0.6 is 0 Å². The minimum atomic E-state index is -1.58. The molecule has 21 heavy (non-hydrogen) atoms. The number of ether oxygens (including phenoxy) is 3. The van der Waals surface area contributed by atoms with Crippen LogP contribution in [-0.4, -0.2) is 92.9 Å². The van der Waals surface area contributed by atoms with Gasteiger partial charge in [0.15, 0.2) is 6.29 Å². The van der Waals surface area contributed by atoms with Crippen molar-refractivity contribution in [3.05, 3.63) is 12.3 Å². The first-order valence-electron chi connectivity index (χ1n) is 6.56. The van der Waals surface area contributed by atoms with Gasteiger partial charge in [0.1, 0.15) is 42.7 Å². The van der Waals surface area contributed by atoms with Gasteiger partial charge in [-0.1, -0.05) is 0 Å². The molecule has 0 radical (unpaired) electrons. The molecule has 2 heterocycles. The van der Waals surface area contributed by atoms with Crippen molar-refractivity contribution >= 4 is 0 Å². The highest BCUT2D eigenvalue weighted by molar-refractivity contribution is 4.99. The van der Waals surface area contributed by atoms with Gasteiger partial charge in [-0.3, -0.25) is 0 Å². The van der Waals surface area contributed by atoms with Gasteiger partial charge in [-0.05, 0) is 6.08 Å². The van der Waals surface area contributed by atoms with Crippen LogP contribution < -0.4 is 0 Å². The third-order valence-electron chi connectivity index (χ3n) is 3.55. The van der Waals surface area contributed by atoms with Crippen molar-refractivity contribution in [2.45, 2.75) is 49.0 Å². The Bertz CT molecular complexity index is 361. The van der Waals surface area contributed by atoms with Gasteiger partial charge in [0.25, 0.3) is 0 Å². The topological polar surface area (TPSA) is 149 Å². The molecule has 2 rings (SSSR count). The molecule has 9 nitrogen and oxygen atoms in total. The molecule has 122 valence electrons. The van der Waals surface area contributed by atoms with Gasteiger partial charge in [-0.15, -0.1) is 0 Å². The Labute approximate surface area is 120 Å². The lowest BCUT2D eigenvalue weighted by molar-refractivity contribution is -0.324. The quantitative estimate of drug-likeness (QED) is 0.310. The summed E-state index contributed by atoms with van der Waals surface area (Å²) in [5, 5.41) is 57.3. The van der Waals surface area contributed by atoms with Crippen molar-refractivity contribution in [3.63, 3.8) is 0 Å². The van der Waals surface area contributed by atoms with E-state index in [-0.39, 0.29) is 0 Å². The van der Waals surface area contributed by atoms with Gasteiger partial charge in [0.05, 0.1) is 19.5 Å². The molecule has 0 aliphatic carbocycles. The summed E-state index contributed by atoms with van der Waals surface area (Å²) < 4.78 is 15.6. The highest BCUT2D eigenvalue weighted by atomic mass is 16.7. The highest BCUT2D eigenvalue weighted by Crippen LogP contribution is 2.26. The summed E-state index contributed by atoms with van der Waals surface area (Å²) in [5.74, 6) is 0. The zero-order valence-corrected chi connectivity index (χ0v) is 11.1. The Morgan fingerprint density at radius 3 is 2.19 bits per heavy atom. The summed E-state index contributed by atoms with van der Waals surface area (Å²) in [6, 6.07) is 0. The van der Waals surface area contributed by atoms with Crippen LogP contribution in [0.2, 0.25) is 0 Å². The van der Waals surface area contributed by atoms with E-state index in [0.29, 0.717) is 0 Å². The number of hydrogen-bond donors (Lipinski definition) is 6. The lowest BCUT2D eigenvalue weighted by Crippen LogP contribution is -2.61. The van der Waals surface area contributed by atoms with Crippen molar-refractivity contribution in [3.8, 4) is 0 Å². The second-order valence-electron chi connectivity index (χ2n) is 4.97. The number of rotatable bonds is 4. The third kappa shape index (κ3) is 3.35. The van der Waals surface area contributed by atoms with Crippen LogP contribution in [0.5, 0.6) is 0 Å². The highest BCUT2D eigenvalue weighted by Gasteiger charge is 2.46. The monoisotopic (exact) mass is 308 g/mol. The largest absolute Gasteiger partial charge is 0.493 e. The van der Waals surface area contributed by atoms with Crippen LogP contribution in [0.1, 0.15) is 0 Å². The molecule has 0 unspecified atom stereocenters. The van der Waals surface area contributed by atoms with E-state index in [0.717, 1.165) is 0 Å². The van der Waals surface area contributed by atoms with Gasteiger partial charge < -0.3 is 44.8 Å². The summed E-state index contributed by atoms with van der Waals surface area (Å²) >= 11 is 0. The van der Waals surface area contributed by atoms with Gasteiger partial charge in [0, 0.05) is 0 Å². The molecule has 1 fully saturated rings. The van der Waals surface area contributed by atoms with Crippen molar-refractivity contribution < 1.29 is 44.8 Å². The normalized spacial score (nSPS) is 47.1. The van der Waals surface area contributed by atoms with E-state index in [1.807, 2.05) is 0 Å². The molecule has 0 aromatic heterocycles. The molecule has 2 aliphatic rings. The fraction of sp³-hybridized carbons (Fsp3) is 0.833. The van der Waals surface area contributed by atoms with Crippen molar-refractivity contribution in [2.75, 3.05) is 13.2 Å². The standard InChI is InChI=1S/C12H20O9/c13-3-6-8(16)9(17)10(18)12(20-6)21-11-5(15)1-2-19-7(11)4-14/h1-2,5-18H,3-4H2/t5-,6-,7-,8-,9+,10-,11+,12+/m1/s1. The fourth-order valence-electron chi connectivity index (χ4n) is 2.28. The molecule has 0 saturated carbocycles.